The molecule has 1 aliphatic rings. The summed E-state index contributed by atoms with van der Waals surface area (Å²) in [5.74, 6) is -1.51. The lowest BCUT2D eigenvalue weighted by Crippen LogP contribution is -2.34. The second kappa shape index (κ2) is 7.59. The number of carbonyl (C=O) groups excluding carboxylic acids is 2. The lowest BCUT2D eigenvalue weighted by Gasteiger charge is -2.19. The predicted molar refractivity (Wildman–Crippen MR) is 98.7 cm³/mol. The van der Waals surface area contributed by atoms with E-state index in [9.17, 15) is 18.2 Å². The van der Waals surface area contributed by atoms with Crippen molar-refractivity contribution in [2.45, 2.75) is 30.5 Å². The van der Waals surface area contributed by atoms with Crippen LogP contribution in [0, 0.1) is 5.92 Å². The van der Waals surface area contributed by atoms with Gasteiger partial charge in [0.25, 0.3) is 5.91 Å². The zero-order valence-corrected chi connectivity index (χ0v) is 15.7. The first kappa shape index (κ1) is 19.2. The van der Waals surface area contributed by atoms with Crippen LogP contribution in [-0.4, -0.2) is 46.1 Å². The maximum Gasteiger partial charge on any atom is 0.255 e. The molecule has 2 amide bonds. The summed E-state index contributed by atoms with van der Waals surface area (Å²) in [7, 11) is -1.44. The van der Waals surface area contributed by atoms with Crippen molar-refractivity contribution in [1.82, 2.24) is 10.3 Å². The quantitative estimate of drug-likeness (QED) is 0.769. The summed E-state index contributed by atoms with van der Waals surface area (Å²) in [5.41, 5.74) is 5.56. The third-order valence-electron chi connectivity index (χ3n) is 4.75. The molecule has 1 aromatic heterocycles. The van der Waals surface area contributed by atoms with E-state index in [-0.39, 0.29) is 22.9 Å². The lowest BCUT2D eigenvalue weighted by atomic mass is 9.97. The van der Waals surface area contributed by atoms with Crippen molar-refractivity contribution < 1.29 is 22.9 Å². The van der Waals surface area contributed by atoms with Crippen LogP contribution < -0.4 is 15.8 Å². The largest absolute Gasteiger partial charge is 0.475 e. The summed E-state index contributed by atoms with van der Waals surface area (Å²) in [6, 6.07) is 4.34. The molecule has 1 aliphatic heterocycles. The molecule has 0 saturated carbocycles. The molecule has 144 valence electrons. The number of alkyl halides is 1. The molecule has 0 radical (unpaired) electrons. The lowest BCUT2D eigenvalue weighted by molar-refractivity contribution is -0.123. The third kappa shape index (κ3) is 3.64. The number of ether oxygens (including phenoxy) is 1. The Bertz CT molecular complexity index is 936. The first-order valence-electron chi connectivity index (χ1n) is 8.46. The maximum atomic E-state index is 13.9. The van der Waals surface area contributed by atoms with Gasteiger partial charge in [-0.25, -0.2) is 9.37 Å². The fourth-order valence-corrected chi connectivity index (χ4v) is 4.07. The van der Waals surface area contributed by atoms with Gasteiger partial charge in [-0.15, -0.1) is 0 Å². The van der Waals surface area contributed by atoms with Crippen LogP contribution in [0.2, 0.25) is 0 Å². The number of hydrogen-bond donors (Lipinski definition) is 2. The SMILES string of the molecule is CC[C@@H]1[C@H](F)C(=O)N[C@@H]1COc1nccc2cc(C(N)=O)c(S(C)=O)cc12. The second-order valence-corrected chi connectivity index (χ2v) is 7.75. The fraction of sp³-hybridized carbons (Fsp3) is 0.389. The van der Waals surface area contributed by atoms with E-state index in [1.54, 1.807) is 18.2 Å². The van der Waals surface area contributed by atoms with Gasteiger partial charge in [-0.3, -0.25) is 13.8 Å². The molecule has 3 N–H and O–H groups in total. The number of carbonyl (C=O) groups is 2. The average Bonchev–Trinajstić information content (AvgIpc) is 2.91. The van der Waals surface area contributed by atoms with E-state index in [0.717, 1.165) is 0 Å². The van der Waals surface area contributed by atoms with Crippen LogP contribution in [0.15, 0.2) is 29.3 Å². The van der Waals surface area contributed by atoms with E-state index in [2.05, 4.69) is 10.3 Å². The Balaban J connectivity index is 1.93. The number of aromatic nitrogens is 1. The van der Waals surface area contributed by atoms with E-state index in [0.29, 0.717) is 17.2 Å². The van der Waals surface area contributed by atoms with Crippen LogP contribution in [0.5, 0.6) is 5.88 Å². The van der Waals surface area contributed by atoms with Gasteiger partial charge in [0.05, 0.1) is 27.3 Å². The Labute approximate surface area is 157 Å². The van der Waals surface area contributed by atoms with Gasteiger partial charge in [-0.1, -0.05) is 6.92 Å². The monoisotopic (exact) mass is 393 g/mol. The highest BCUT2D eigenvalue weighted by atomic mass is 32.2. The molecule has 9 heteroatoms. The number of halogens is 1. The molecule has 2 aromatic rings. The van der Waals surface area contributed by atoms with Gasteiger partial charge in [0.1, 0.15) is 6.61 Å². The van der Waals surface area contributed by atoms with Gasteiger partial charge in [0.15, 0.2) is 6.17 Å². The molecular formula is C18H20FN3O4S. The van der Waals surface area contributed by atoms with Gasteiger partial charge in [0.2, 0.25) is 11.8 Å². The Hall–Kier alpha value is -2.55. The van der Waals surface area contributed by atoms with Crippen molar-refractivity contribution in [3.8, 4) is 5.88 Å². The van der Waals surface area contributed by atoms with Crippen LogP contribution in [0.1, 0.15) is 23.7 Å². The first-order chi connectivity index (χ1) is 12.8. The minimum atomic E-state index is -1.55. The van der Waals surface area contributed by atoms with Crippen LogP contribution in [0.4, 0.5) is 4.39 Å². The summed E-state index contributed by atoms with van der Waals surface area (Å²) >= 11 is 0. The summed E-state index contributed by atoms with van der Waals surface area (Å²) in [6.45, 7) is 1.87. The summed E-state index contributed by atoms with van der Waals surface area (Å²) in [4.78, 5) is 27.7. The topological polar surface area (TPSA) is 111 Å². The first-order valence-corrected chi connectivity index (χ1v) is 10.0. The second-order valence-electron chi connectivity index (χ2n) is 6.40. The summed E-state index contributed by atoms with van der Waals surface area (Å²) in [6.07, 6.45) is 1.91. The van der Waals surface area contributed by atoms with Crippen LogP contribution >= 0.6 is 0 Å². The minimum Gasteiger partial charge on any atom is -0.475 e. The van der Waals surface area contributed by atoms with Gasteiger partial charge in [-0.2, -0.15) is 0 Å². The zero-order chi connectivity index (χ0) is 19.7. The Morgan fingerprint density at radius 1 is 1.44 bits per heavy atom. The zero-order valence-electron chi connectivity index (χ0n) is 14.9. The van der Waals surface area contributed by atoms with Crippen LogP contribution in [0.3, 0.4) is 0 Å². The van der Waals surface area contributed by atoms with Crippen LogP contribution in [0.25, 0.3) is 10.8 Å². The maximum absolute atomic E-state index is 13.9. The molecule has 2 heterocycles. The molecule has 1 saturated heterocycles. The number of amides is 2. The number of primary amides is 1. The molecule has 0 aliphatic carbocycles. The molecule has 0 bridgehead atoms. The number of fused-ring (bicyclic) bond motifs is 1. The number of nitrogens with one attached hydrogen (secondary N) is 1. The number of pyridine rings is 1. The minimum absolute atomic E-state index is 0.0545. The van der Waals surface area contributed by atoms with Crippen molar-refractivity contribution in [2.75, 3.05) is 12.9 Å². The van der Waals surface area contributed by atoms with E-state index in [1.165, 1.54) is 12.5 Å². The molecular weight excluding hydrogens is 373 g/mol. The van der Waals surface area contributed by atoms with Gasteiger partial charge in [0, 0.05) is 23.8 Å². The van der Waals surface area contributed by atoms with Crippen molar-refractivity contribution in [2.24, 2.45) is 11.7 Å². The van der Waals surface area contributed by atoms with Crippen molar-refractivity contribution >= 4 is 33.4 Å². The molecule has 0 spiro atoms. The molecule has 4 atom stereocenters. The van der Waals surface area contributed by atoms with Crippen LogP contribution in [-0.2, 0) is 15.6 Å². The predicted octanol–water partition coefficient (Wildman–Crippen LogP) is 1.31. The fourth-order valence-electron chi connectivity index (χ4n) is 3.31. The van der Waals surface area contributed by atoms with E-state index < -0.39 is 40.7 Å². The molecule has 3 rings (SSSR count). The van der Waals surface area contributed by atoms with E-state index in [1.807, 2.05) is 6.92 Å². The Morgan fingerprint density at radius 2 is 2.19 bits per heavy atom. The highest BCUT2D eigenvalue weighted by molar-refractivity contribution is 7.84. The van der Waals surface area contributed by atoms with E-state index in [4.69, 9.17) is 10.5 Å². The molecule has 7 nitrogen and oxygen atoms in total. The Morgan fingerprint density at radius 3 is 2.81 bits per heavy atom. The van der Waals surface area contributed by atoms with Gasteiger partial charge in [-0.05, 0) is 30.0 Å². The highest BCUT2D eigenvalue weighted by Gasteiger charge is 2.41. The number of nitrogens with two attached hydrogens (primary N) is 1. The number of benzene rings is 1. The summed E-state index contributed by atoms with van der Waals surface area (Å²) in [5, 5.41) is 3.80. The van der Waals surface area contributed by atoms with Crippen molar-refractivity contribution in [3.63, 3.8) is 0 Å². The van der Waals surface area contributed by atoms with Gasteiger partial charge >= 0.3 is 0 Å². The highest BCUT2D eigenvalue weighted by Crippen LogP contribution is 2.29. The molecule has 27 heavy (non-hydrogen) atoms. The van der Waals surface area contributed by atoms with Crippen molar-refractivity contribution in [3.05, 3.63) is 30.0 Å². The third-order valence-corrected chi connectivity index (χ3v) is 5.70. The Kier molecular flexibility index (Phi) is 5.41. The van der Waals surface area contributed by atoms with E-state index >= 15 is 0 Å². The number of rotatable bonds is 6. The number of nitrogens with zero attached hydrogens (tertiary/aromatic N) is 1. The molecule has 1 unspecified atom stereocenters. The van der Waals surface area contributed by atoms with Gasteiger partial charge < -0.3 is 15.8 Å². The standard InChI is InChI=1S/C18H20FN3O4S/c1-3-10-13(22-17(24)15(10)19)8-26-18-11-7-14(27(2)25)12(16(20)23)6-9(11)4-5-21-18/h4-7,10,13,15H,3,8H2,1-2H3,(H2,20,23)(H,22,24)/t10-,13+,15-,27?/m0/s1. The average molecular weight is 393 g/mol. The van der Waals surface area contributed by atoms with Crippen molar-refractivity contribution in [1.29, 1.82) is 0 Å². The normalized spacial score (nSPS) is 23.2. The molecule has 1 aromatic carbocycles. The smallest absolute Gasteiger partial charge is 0.255 e. The molecule has 1 fully saturated rings. The summed E-state index contributed by atoms with van der Waals surface area (Å²) < 4.78 is 31.7. The number of hydrogen-bond acceptors (Lipinski definition) is 5.